The number of morpholine rings is 1. The van der Waals surface area contributed by atoms with Gasteiger partial charge in [-0.25, -0.2) is 15.0 Å². The van der Waals surface area contributed by atoms with Crippen molar-refractivity contribution in [3.05, 3.63) is 53.2 Å². The van der Waals surface area contributed by atoms with Gasteiger partial charge in [-0.05, 0) is 50.5 Å². The molecular formula is C23H25F3N6O. The Morgan fingerprint density at radius 3 is 2.64 bits per heavy atom. The molecule has 0 amide bonds. The Morgan fingerprint density at radius 1 is 1.15 bits per heavy atom. The molecule has 0 unspecified atom stereocenters. The van der Waals surface area contributed by atoms with Gasteiger partial charge in [-0.1, -0.05) is 6.58 Å². The number of anilines is 1. The molecule has 1 fully saturated rings. The Kier molecular flexibility index (Phi) is 6.29. The van der Waals surface area contributed by atoms with Gasteiger partial charge in [0.2, 0.25) is 5.95 Å². The smallest absolute Gasteiger partial charge is 0.370 e. The normalized spacial score (nSPS) is 16.9. The Bertz CT molecular complexity index is 1200. The maximum Gasteiger partial charge on any atom is 0.389 e. The van der Waals surface area contributed by atoms with E-state index in [4.69, 9.17) is 4.74 Å². The molecule has 3 aromatic rings. The van der Waals surface area contributed by atoms with Crippen molar-refractivity contribution in [2.24, 2.45) is 0 Å². The van der Waals surface area contributed by atoms with Gasteiger partial charge in [-0.3, -0.25) is 4.98 Å². The van der Waals surface area contributed by atoms with E-state index in [1.807, 2.05) is 30.9 Å². The minimum atomic E-state index is -4.28. The molecule has 10 heteroatoms. The van der Waals surface area contributed by atoms with Gasteiger partial charge in [0.25, 0.3) is 0 Å². The van der Waals surface area contributed by atoms with Gasteiger partial charge in [0, 0.05) is 24.9 Å². The lowest BCUT2D eigenvalue weighted by Gasteiger charge is -2.33. The van der Waals surface area contributed by atoms with Crippen LogP contribution in [0.2, 0.25) is 0 Å². The van der Waals surface area contributed by atoms with Crippen LogP contribution >= 0.6 is 0 Å². The highest BCUT2D eigenvalue weighted by atomic mass is 19.4. The minimum Gasteiger partial charge on any atom is -0.370 e. The highest BCUT2D eigenvalue weighted by molar-refractivity contribution is 5.85. The highest BCUT2D eigenvalue weighted by Gasteiger charge is 2.29. The molecule has 33 heavy (non-hydrogen) atoms. The third-order valence-corrected chi connectivity index (χ3v) is 5.62. The molecule has 0 aliphatic carbocycles. The van der Waals surface area contributed by atoms with Crippen molar-refractivity contribution in [2.45, 2.75) is 45.9 Å². The van der Waals surface area contributed by atoms with Crippen LogP contribution in [0.1, 0.15) is 47.3 Å². The first-order valence-electron chi connectivity index (χ1n) is 10.7. The van der Waals surface area contributed by atoms with E-state index in [1.54, 1.807) is 13.1 Å². The Morgan fingerprint density at radius 2 is 1.91 bits per heavy atom. The number of hydrogen-bond acceptors (Lipinski definition) is 7. The highest BCUT2D eigenvalue weighted by Crippen LogP contribution is 2.31. The largest absolute Gasteiger partial charge is 0.389 e. The summed E-state index contributed by atoms with van der Waals surface area (Å²) in [7, 11) is 0. The second-order valence-electron chi connectivity index (χ2n) is 8.19. The number of allylic oxidation sites excluding steroid dienone is 1. The Hall–Kier alpha value is -3.14. The average molecular weight is 458 g/mol. The van der Waals surface area contributed by atoms with E-state index < -0.39 is 12.6 Å². The van der Waals surface area contributed by atoms with E-state index in [0.29, 0.717) is 53.9 Å². The van der Waals surface area contributed by atoms with Gasteiger partial charge in [0.1, 0.15) is 11.6 Å². The summed E-state index contributed by atoms with van der Waals surface area (Å²) < 4.78 is 44.5. The average Bonchev–Trinajstić information content (AvgIpc) is 2.77. The SMILES string of the molecule is C=C(CCC(F)(F)F)c1nc(N2CCO[C@@H](c3ccnc(C)c3)C2)nc2nc(C)c(C)nc12. The third kappa shape index (κ3) is 5.27. The number of fused-ring (bicyclic) bond motifs is 1. The number of hydrogen-bond donors (Lipinski definition) is 0. The number of nitrogens with zero attached hydrogens (tertiary/aromatic N) is 6. The first kappa shape index (κ1) is 23.0. The molecule has 0 N–H and O–H groups in total. The molecule has 0 saturated carbocycles. The summed E-state index contributed by atoms with van der Waals surface area (Å²) in [5.41, 5.74) is 4.52. The molecule has 0 bridgehead atoms. The quantitative estimate of drug-likeness (QED) is 0.550. The molecule has 1 atom stereocenters. The molecule has 0 radical (unpaired) electrons. The zero-order chi connectivity index (χ0) is 23.8. The first-order chi connectivity index (χ1) is 15.6. The second-order valence-corrected chi connectivity index (χ2v) is 8.19. The molecule has 4 heterocycles. The van der Waals surface area contributed by atoms with Crippen molar-refractivity contribution in [2.75, 3.05) is 24.6 Å². The maximum absolute atomic E-state index is 12.8. The number of halogens is 3. The molecule has 174 valence electrons. The van der Waals surface area contributed by atoms with Crippen LogP contribution in [0.25, 0.3) is 16.7 Å². The van der Waals surface area contributed by atoms with Crippen LogP contribution in [-0.4, -0.2) is 50.8 Å². The molecule has 0 aromatic carbocycles. The Labute approximate surface area is 189 Å². The second kappa shape index (κ2) is 9.01. The van der Waals surface area contributed by atoms with Crippen LogP contribution in [0.4, 0.5) is 19.1 Å². The summed E-state index contributed by atoms with van der Waals surface area (Å²) in [6, 6.07) is 3.88. The number of rotatable bonds is 5. The van der Waals surface area contributed by atoms with Crippen LogP contribution < -0.4 is 4.90 Å². The monoisotopic (exact) mass is 458 g/mol. The molecule has 1 saturated heterocycles. The van der Waals surface area contributed by atoms with Crippen molar-refractivity contribution >= 4 is 22.7 Å². The molecule has 4 rings (SSSR count). The fourth-order valence-corrected chi connectivity index (χ4v) is 3.70. The van der Waals surface area contributed by atoms with E-state index in [9.17, 15) is 13.2 Å². The lowest BCUT2D eigenvalue weighted by atomic mass is 10.1. The lowest BCUT2D eigenvalue weighted by molar-refractivity contribution is -0.133. The zero-order valence-electron chi connectivity index (χ0n) is 18.8. The molecule has 7 nitrogen and oxygen atoms in total. The topological polar surface area (TPSA) is 76.9 Å². The number of aryl methyl sites for hydroxylation is 3. The standard InChI is InChI=1S/C23H25F3N6O/c1-13(5-7-23(24,25)26)19-20-21(29-16(4)15(3)28-20)31-22(30-19)32-9-10-33-18(12-32)17-6-8-27-14(2)11-17/h6,8,11,18H,1,5,7,9-10,12H2,2-4H3/t18-/m1/s1. The minimum absolute atomic E-state index is 0.206. The van der Waals surface area contributed by atoms with Gasteiger partial charge in [0.05, 0.1) is 30.2 Å². The van der Waals surface area contributed by atoms with Crippen molar-refractivity contribution in [1.82, 2.24) is 24.9 Å². The Balaban J connectivity index is 1.71. The van der Waals surface area contributed by atoms with Gasteiger partial charge in [-0.2, -0.15) is 18.2 Å². The summed E-state index contributed by atoms with van der Waals surface area (Å²) in [5, 5.41) is 0. The van der Waals surface area contributed by atoms with Crippen molar-refractivity contribution in [3.63, 3.8) is 0 Å². The van der Waals surface area contributed by atoms with E-state index in [1.165, 1.54) is 0 Å². The van der Waals surface area contributed by atoms with Crippen LogP contribution in [0, 0.1) is 20.8 Å². The van der Waals surface area contributed by atoms with Crippen LogP contribution in [0.15, 0.2) is 24.9 Å². The van der Waals surface area contributed by atoms with Crippen LogP contribution in [0.3, 0.4) is 0 Å². The summed E-state index contributed by atoms with van der Waals surface area (Å²) in [4.78, 5) is 24.5. The summed E-state index contributed by atoms with van der Waals surface area (Å²) in [6.45, 7) is 10.9. The number of aromatic nitrogens is 5. The lowest BCUT2D eigenvalue weighted by Crippen LogP contribution is -2.39. The van der Waals surface area contributed by atoms with E-state index >= 15 is 0 Å². The van der Waals surface area contributed by atoms with Crippen LogP contribution in [-0.2, 0) is 4.74 Å². The number of ether oxygens (including phenoxy) is 1. The van der Waals surface area contributed by atoms with Crippen LogP contribution in [0.5, 0.6) is 0 Å². The van der Waals surface area contributed by atoms with Gasteiger partial charge < -0.3 is 9.64 Å². The molecule has 1 aliphatic heterocycles. The molecular weight excluding hydrogens is 433 g/mol. The third-order valence-electron chi connectivity index (χ3n) is 5.62. The summed E-state index contributed by atoms with van der Waals surface area (Å²) in [5.74, 6) is 0.377. The zero-order valence-corrected chi connectivity index (χ0v) is 18.8. The number of pyridine rings is 1. The van der Waals surface area contributed by atoms with Gasteiger partial charge in [-0.15, -0.1) is 0 Å². The van der Waals surface area contributed by atoms with Crippen molar-refractivity contribution < 1.29 is 17.9 Å². The van der Waals surface area contributed by atoms with Gasteiger partial charge in [0.15, 0.2) is 5.65 Å². The summed E-state index contributed by atoms with van der Waals surface area (Å²) in [6.07, 6.45) is -4.00. The van der Waals surface area contributed by atoms with E-state index in [-0.39, 0.29) is 18.1 Å². The molecule has 3 aromatic heterocycles. The maximum atomic E-state index is 12.8. The van der Waals surface area contributed by atoms with E-state index in [2.05, 4.69) is 31.5 Å². The van der Waals surface area contributed by atoms with Crippen molar-refractivity contribution in [3.8, 4) is 0 Å². The first-order valence-corrected chi connectivity index (χ1v) is 10.7. The van der Waals surface area contributed by atoms with E-state index in [0.717, 1.165) is 11.3 Å². The predicted octanol–water partition coefficient (Wildman–Crippen LogP) is 4.67. The van der Waals surface area contributed by atoms with Gasteiger partial charge >= 0.3 is 6.18 Å². The molecule has 1 aliphatic rings. The molecule has 0 spiro atoms. The fourth-order valence-electron chi connectivity index (χ4n) is 3.70. The number of alkyl halides is 3. The summed E-state index contributed by atoms with van der Waals surface area (Å²) >= 11 is 0. The fraction of sp³-hybridized carbons (Fsp3) is 0.435. The van der Waals surface area contributed by atoms with Crippen molar-refractivity contribution in [1.29, 1.82) is 0 Å². The predicted molar refractivity (Wildman–Crippen MR) is 119 cm³/mol.